The fraction of sp³-hybridized carbons (Fsp3) is 0.318. The van der Waals surface area contributed by atoms with Gasteiger partial charge in [-0.25, -0.2) is 8.42 Å². The van der Waals surface area contributed by atoms with Crippen LogP contribution in [-0.2, 0) is 14.8 Å². The second-order valence-electron chi connectivity index (χ2n) is 7.14. The zero-order valence-electron chi connectivity index (χ0n) is 16.4. The van der Waals surface area contributed by atoms with Crippen molar-refractivity contribution in [1.82, 2.24) is 0 Å². The highest BCUT2D eigenvalue weighted by Crippen LogP contribution is 2.27. The van der Waals surface area contributed by atoms with Crippen LogP contribution >= 0.6 is 0 Å². The molecule has 2 aromatic rings. The fourth-order valence-corrected chi connectivity index (χ4v) is 4.71. The van der Waals surface area contributed by atoms with Gasteiger partial charge in [0.2, 0.25) is 0 Å². The van der Waals surface area contributed by atoms with Gasteiger partial charge in [-0.1, -0.05) is 24.3 Å². The van der Waals surface area contributed by atoms with Gasteiger partial charge in [-0.15, -0.1) is 0 Å². The van der Waals surface area contributed by atoms with E-state index in [-0.39, 0.29) is 16.8 Å². The molecule has 1 atom stereocenters. The van der Waals surface area contributed by atoms with Gasteiger partial charge in [0.15, 0.2) is 0 Å². The molecule has 0 aromatic heterocycles. The molecule has 5 nitrogen and oxygen atoms in total. The Bertz CT molecular complexity index is 994. The number of hydrogen-bond donors (Lipinski definition) is 0. The number of nitrogens with zero attached hydrogens (tertiary/aromatic N) is 1. The third-order valence-electron chi connectivity index (χ3n) is 5.00. The van der Waals surface area contributed by atoms with E-state index in [2.05, 4.69) is 6.08 Å². The van der Waals surface area contributed by atoms with Gasteiger partial charge in [-0.3, -0.25) is 9.10 Å². The summed E-state index contributed by atoms with van der Waals surface area (Å²) in [6.07, 6.45) is 6.47. The molecule has 6 heteroatoms. The molecule has 0 saturated heterocycles. The largest absolute Gasteiger partial charge is 0.426 e. The smallest absolute Gasteiger partial charge is 0.314 e. The number of anilines is 1. The molecule has 0 amide bonds. The van der Waals surface area contributed by atoms with Crippen molar-refractivity contribution in [2.45, 2.75) is 38.0 Å². The number of carbonyl (C=O) groups excluding carboxylic acids is 1. The molecule has 0 radical (unpaired) electrons. The first-order chi connectivity index (χ1) is 13.3. The molecule has 0 fully saturated rings. The number of hydrogen-bond acceptors (Lipinski definition) is 4. The maximum atomic E-state index is 13.0. The highest BCUT2D eigenvalue weighted by atomic mass is 32.2. The molecule has 148 valence electrons. The van der Waals surface area contributed by atoms with Crippen molar-refractivity contribution in [3.8, 4) is 5.75 Å². The molecule has 1 aliphatic carbocycles. The summed E-state index contributed by atoms with van der Waals surface area (Å²) in [5, 5.41) is 0. The van der Waals surface area contributed by atoms with Crippen molar-refractivity contribution in [2.24, 2.45) is 5.92 Å². The van der Waals surface area contributed by atoms with Crippen molar-refractivity contribution in [3.05, 3.63) is 65.7 Å². The predicted octanol–water partition coefficient (Wildman–Crippen LogP) is 4.39. The molecule has 0 bridgehead atoms. The standard InChI is InChI=1S/C22H25NO4S/c1-16-9-10-17(2)21(15-16)28(25,26)23(3)19-11-13-20(14-12-19)27-22(24)18-7-5-4-6-8-18/h4-5,9-15,18H,6-8H2,1-3H3/t18-/m1/s1. The molecule has 0 heterocycles. The molecular formula is C22H25NO4S. The van der Waals surface area contributed by atoms with Crippen LogP contribution < -0.4 is 9.04 Å². The number of carbonyl (C=O) groups is 1. The van der Waals surface area contributed by atoms with E-state index in [9.17, 15) is 13.2 Å². The summed E-state index contributed by atoms with van der Waals surface area (Å²) >= 11 is 0. The van der Waals surface area contributed by atoms with Crippen LogP contribution in [-0.4, -0.2) is 21.4 Å². The van der Waals surface area contributed by atoms with Crippen LogP contribution in [0, 0.1) is 19.8 Å². The van der Waals surface area contributed by atoms with Crippen molar-refractivity contribution < 1.29 is 17.9 Å². The summed E-state index contributed by atoms with van der Waals surface area (Å²) in [6.45, 7) is 3.65. The summed E-state index contributed by atoms with van der Waals surface area (Å²) in [5.74, 6) is 0.0614. The number of rotatable bonds is 5. The van der Waals surface area contributed by atoms with E-state index in [1.807, 2.05) is 19.1 Å². The molecule has 0 saturated carbocycles. The molecular weight excluding hydrogens is 374 g/mol. The van der Waals surface area contributed by atoms with Crippen LogP contribution in [0.3, 0.4) is 0 Å². The Kier molecular flexibility index (Phi) is 5.89. The number of sulfonamides is 1. The molecule has 3 rings (SSSR count). The highest BCUT2D eigenvalue weighted by Gasteiger charge is 2.24. The van der Waals surface area contributed by atoms with E-state index >= 15 is 0 Å². The van der Waals surface area contributed by atoms with Crippen LogP contribution in [0.25, 0.3) is 0 Å². The van der Waals surface area contributed by atoms with E-state index in [0.29, 0.717) is 23.4 Å². The first-order valence-corrected chi connectivity index (χ1v) is 10.8. The van der Waals surface area contributed by atoms with Crippen molar-refractivity contribution in [1.29, 1.82) is 0 Å². The minimum Gasteiger partial charge on any atom is -0.426 e. The first-order valence-electron chi connectivity index (χ1n) is 9.32. The van der Waals surface area contributed by atoms with Gasteiger partial charge >= 0.3 is 5.97 Å². The van der Waals surface area contributed by atoms with Crippen LogP contribution in [0.5, 0.6) is 5.75 Å². The number of aryl methyl sites for hydroxylation is 2. The lowest BCUT2D eigenvalue weighted by molar-refractivity contribution is -0.139. The quantitative estimate of drug-likeness (QED) is 0.425. The van der Waals surface area contributed by atoms with Gasteiger partial charge in [0, 0.05) is 7.05 Å². The van der Waals surface area contributed by atoms with Crippen LogP contribution in [0.2, 0.25) is 0 Å². The van der Waals surface area contributed by atoms with Crippen LogP contribution in [0.1, 0.15) is 30.4 Å². The fourth-order valence-electron chi connectivity index (χ4n) is 3.20. The molecule has 2 aromatic carbocycles. The van der Waals surface area contributed by atoms with Gasteiger partial charge in [-0.05, 0) is 74.6 Å². The van der Waals surface area contributed by atoms with Crippen LogP contribution in [0.4, 0.5) is 5.69 Å². The molecule has 0 aliphatic heterocycles. The Labute approximate surface area is 166 Å². The van der Waals surface area contributed by atoms with E-state index in [1.165, 1.54) is 11.4 Å². The number of benzene rings is 2. The van der Waals surface area contributed by atoms with Gasteiger partial charge in [0.05, 0.1) is 16.5 Å². The maximum absolute atomic E-state index is 13.0. The summed E-state index contributed by atoms with van der Waals surface area (Å²) < 4.78 is 32.7. The Balaban J connectivity index is 1.76. The second-order valence-corrected chi connectivity index (χ2v) is 9.08. The Morgan fingerprint density at radius 3 is 2.43 bits per heavy atom. The summed E-state index contributed by atoms with van der Waals surface area (Å²) in [6, 6.07) is 11.9. The summed E-state index contributed by atoms with van der Waals surface area (Å²) in [7, 11) is -2.16. The number of esters is 1. The van der Waals surface area contributed by atoms with E-state index in [0.717, 1.165) is 18.4 Å². The third kappa shape index (κ3) is 4.28. The van der Waals surface area contributed by atoms with Gasteiger partial charge in [0.1, 0.15) is 5.75 Å². The van der Waals surface area contributed by atoms with Crippen LogP contribution in [0.15, 0.2) is 59.5 Å². The highest BCUT2D eigenvalue weighted by molar-refractivity contribution is 7.92. The lowest BCUT2D eigenvalue weighted by Crippen LogP contribution is -2.27. The molecule has 1 aliphatic rings. The molecule has 0 N–H and O–H groups in total. The van der Waals surface area contributed by atoms with Crippen molar-refractivity contribution >= 4 is 21.7 Å². The average molecular weight is 400 g/mol. The van der Waals surface area contributed by atoms with Gasteiger partial charge in [-0.2, -0.15) is 0 Å². The number of ether oxygens (including phenoxy) is 1. The normalized spacial score (nSPS) is 16.6. The van der Waals surface area contributed by atoms with E-state index < -0.39 is 10.0 Å². The molecule has 0 spiro atoms. The molecule has 0 unspecified atom stereocenters. The SMILES string of the molecule is Cc1ccc(C)c(S(=O)(=O)N(C)c2ccc(OC(=O)[C@@H]3CC=CCC3)cc2)c1. The zero-order chi connectivity index (χ0) is 20.3. The van der Waals surface area contributed by atoms with E-state index in [4.69, 9.17) is 4.74 Å². The average Bonchev–Trinajstić information content (AvgIpc) is 2.70. The topological polar surface area (TPSA) is 63.7 Å². The maximum Gasteiger partial charge on any atom is 0.314 e. The predicted molar refractivity (Wildman–Crippen MR) is 110 cm³/mol. The lowest BCUT2D eigenvalue weighted by atomic mass is 9.95. The van der Waals surface area contributed by atoms with E-state index in [1.54, 1.807) is 43.3 Å². The lowest BCUT2D eigenvalue weighted by Gasteiger charge is -2.21. The third-order valence-corrected chi connectivity index (χ3v) is 6.93. The van der Waals surface area contributed by atoms with Gasteiger partial charge in [0.25, 0.3) is 10.0 Å². The van der Waals surface area contributed by atoms with Gasteiger partial charge < -0.3 is 4.74 Å². The summed E-state index contributed by atoms with van der Waals surface area (Å²) in [4.78, 5) is 12.5. The summed E-state index contributed by atoms with van der Waals surface area (Å²) in [5.41, 5.74) is 2.09. The van der Waals surface area contributed by atoms with Crippen molar-refractivity contribution in [2.75, 3.05) is 11.4 Å². The Morgan fingerprint density at radius 2 is 1.79 bits per heavy atom. The van der Waals surface area contributed by atoms with Crippen molar-refractivity contribution in [3.63, 3.8) is 0 Å². The number of allylic oxidation sites excluding steroid dienone is 2. The first kappa shape index (κ1) is 20.1. The molecule has 28 heavy (non-hydrogen) atoms. The second kappa shape index (κ2) is 8.19. The zero-order valence-corrected chi connectivity index (χ0v) is 17.2. The minimum absolute atomic E-state index is 0.114. The Morgan fingerprint density at radius 1 is 1.07 bits per heavy atom. The monoisotopic (exact) mass is 399 g/mol. The minimum atomic E-state index is -3.68. The Hall–Kier alpha value is -2.60.